The number of hydrogen-bond acceptors (Lipinski definition) is 3. The molecule has 13 heavy (non-hydrogen) atoms. The summed E-state index contributed by atoms with van der Waals surface area (Å²) in [7, 11) is 3.05. The number of carbonyl (C=O) groups excluding carboxylic acids is 1. The van der Waals surface area contributed by atoms with Crippen LogP contribution in [0.1, 0.15) is 13.8 Å². The van der Waals surface area contributed by atoms with Crippen LogP contribution in [0.25, 0.3) is 1.43 Å². The first-order chi connectivity index (χ1) is 6.40. The number of carbonyl (C=O) groups is 2. The van der Waals surface area contributed by atoms with Crippen molar-refractivity contribution < 1.29 is 14.7 Å². The minimum atomic E-state index is -0.784. The first-order valence-electron chi connectivity index (χ1n) is 4.44. The molecule has 0 saturated carbocycles. The summed E-state index contributed by atoms with van der Waals surface area (Å²) < 4.78 is 6.38. The second kappa shape index (κ2) is 4.69. The Morgan fingerprint density at radius 2 is 1.92 bits per heavy atom. The van der Waals surface area contributed by atoms with Gasteiger partial charge < -0.3 is 10.0 Å². The number of nitrogens with zero attached hydrogens (tertiary/aromatic N) is 2. The third-order valence-electron chi connectivity index (χ3n) is 1.61. The number of carboxylic acid groups (broad SMARTS) is 1. The van der Waals surface area contributed by atoms with Crippen molar-refractivity contribution in [2.75, 3.05) is 20.8 Å². The highest BCUT2D eigenvalue weighted by Gasteiger charge is 2.15. The van der Waals surface area contributed by atoms with Crippen LogP contribution >= 0.6 is 0 Å². The standard InChI is InChI=1S/C8H16N2O3/c1-6(2)7(11)9(3)5-10(4)8(12)13/h6H,5H2,1-4H3,(H,12,13)/i/hD. The Hall–Kier alpha value is -1.26. The number of hydrogen-bond donors (Lipinski definition) is 1. The van der Waals surface area contributed by atoms with E-state index in [-0.39, 0.29) is 18.5 Å². The third-order valence-corrected chi connectivity index (χ3v) is 1.61. The third kappa shape index (κ3) is 3.78. The van der Waals surface area contributed by atoms with Crippen molar-refractivity contribution in [1.29, 1.82) is 1.43 Å². The average Bonchev–Trinajstić information content (AvgIpc) is 2.14. The van der Waals surface area contributed by atoms with E-state index in [9.17, 15) is 9.59 Å². The number of amides is 2. The smallest absolute Gasteiger partial charge is 0.408 e. The van der Waals surface area contributed by atoms with Gasteiger partial charge in [0.1, 0.15) is 0 Å². The number of rotatable bonds is 3. The van der Waals surface area contributed by atoms with Crippen molar-refractivity contribution in [3.8, 4) is 0 Å². The Kier molecular flexibility index (Phi) is 3.54. The monoisotopic (exact) mass is 189 g/mol. The molecule has 0 aliphatic rings. The van der Waals surface area contributed by atoms with Gasteiger partial charge in [0.2, 0.25) is 5.91 Å². The van der Waals surface area contributed by atoms with Crippen LogP contribution in [0.5, 0.6) is 0 Å². The normalized spacial score (nSPS) is 10.7. The summed E-state index contributed by atoms with van der Waals surface area (Å²) in [5.74, 6) is -0.171. The molecule has 0 heterocycles. The second-order valence-corrected chi connectivity index (χ2v) is 3.30. The highest BCUT2D eigenvalue weighted by molar-refractivity contribution is 5.78. The molecular formula is C8H16N2O3. The van der Waals surface area contributed by atoms with E-state index in [2.05, 4.69) is 5.11 Å². The summed E-state index contributed by atoms with van der Waals surface area (Å²) in [6, 6.07) is 0. The topological polar surface area (TPSA) is 60.9 Å². The fraction of sp³-hybridized carbons (Fsp3) is 0.750. The van der Waals surface area contributed by atoms with Gasteiger partial charge >= 0.3 is 6.09 Å². The Labute approximate surface area is 79.4 Å². The first kappa shape index (κ1) is 9.83. The molecule has 1 N–H and O–H groups in total. The Balaban J connectivity index is 4.12. The van der Waals surface area contributed by atoms with Gasteiger partial charge in [-0.1, -0.05) is 13.8 Å². The summed E-state index contributed by atoms with van der Waals surface area (Å²) in [6.07, 6.45) is -0.784. The molecule has 0 aromatic carbocycles. The minimum Gasteiger partial charge on any atom is -0.465 e. The molecule has 0 rings (SSSR count). The molecule has 0 atom stereocenters. The van der Waals surface area contributed by atoms with Crippen molar-refractivity contribution in [2.24, 2.45) is 5.92 Å². The molecule has 0 aliphatic heterocycles. The van der Waals surface area contributed by atoms with Crippen molar-refractivity contribution in [2.45, 2.75) is 13.8 Å². The van der Waals surface area contributed by atoms with E-state index in [4.69, 9.17) is 1.43 Å². The molecule has 2 amide bonds. The average molecular weight is 189 g/mol. The molecule has 0 fully saturated rings. The molecule has 76 valence electrons. The molecule has 5 nitrogen and oxygen atoms in total. The molecule has 5 heteroatoms. The van der Waals surface area contributed by atoms with Gasteiger partial charge in [-0.05, 0) is 0 Å². The van der Waals surface area contributed by atoms with Crippen molar-refractivity contribution in [3.05, 3.63) is 0 Å². The molecular weight excluding hydrogens is 172 g/mol. The summed E-state index contributed by atoms with van der Waals surface area (Å²) >= 11 is 0. The lowest BCUT2D eigenvalue weighted by atomic mass is 10.2. The highest BCUT2D eigenvalue weighted by atomic mass is 16.4. The van der Waals surface area contributed by atoms with Crippen LogP contribution in [0.15, 0.2) is 0 Å². The van der Waals surface area contributed by atoms with Gasteiger partial charge in [-0.25, -0.2) is 4.79 Å². The lowest BCUT2D eigenvalue weighted by Gasteiger charge is -2.23. The zero-order valence-electron chi connectivity index (χ0n) is 9.40. The van der Waals surface area contributed by atoms with Crippen molar-refractivity contribution in [3.63, 3.8) is 0 Å². The maximum absolute atomic E-state index is 11.4. The predicted molar refractivity (Wildman–Crippen MR) is 48.3 cm³/mol. The molecule has 0 radical (unpaired) electrons. The van der Waals surface area contributed by atoms with Gasteiger partial charge in [0.25, 0.3) is 1.43 Å². The quantitative estimate of drug-likeness (QED) is 0.664. The first-order valence-corrected chi connectivity index (χ1v) is 4.03. The minimum absolute atomic E-state index is 0.0605. The molecule has 0 bridgehead atoms. The Morgan fingerprint density at radius 1 is 1.38 bits per heavy atom. The summed E-state index contributed by atoms with van der Waals surface area (Å²) in [6.45, 7) is 3.68. The molecule has 0 unspecified atom stereocenters. The van der Waals surface area contributed by atoms with Gasteiger partial charge in [0, 0.05) is 20.0 Å². The summed E-state index contributed by atoms with van der Waals surface area (Å²) in [5.41, 5.74) is 0. The van der Waals surface area contributed by atoms with E-state index in [0.717, 1.165) is 4.90 Å². The zero-order chi connectivity index (χ0) is 11.3. The highest BCUT2D eigenvalue weighted by Crippen LogP contribution is 1.99. The maximum atomic E-state index is 11.4. The van der Waals surface area contributed by atoms with Crippen LogP contribution in [0.3, 0.4) is 0 Å². The van der Waals surface area contributed by atoms with Gasteiger partial charge in [0.15, 0.2) is 0 Å². The van der Waals surface area contributed by atoms with E-state index >= 15 is 0 Å². The lowest BCUT2D eigenvalue weighted by Crippen LogP contribution is -2.41. The van der Waals surface area contributed by atoms with Crippen LogP contribution in [0.4, 0.5) is 4.79 Å². The van der Waals surface area contributed by atoms with E-state index in [0.29, 0.717) is 0 Å². The zero-order valence-corrected chi connectivity index (χ0v) is 8.40. The second-order valence-electron chi connectivity index (χ2n) is 3.30. The molecule has 0 aromatic rings. The van der Waals surface area contributed by atoms with E-state index < -0.39 is 6.09 Å². The van der Waals surface area contributed by atoms with Crippen LogP contribution in [0, 0.1) is 5.92 Å². The Morgan fingerprint density at radius 3 is 2.31 bits per heavy atom. The largest absolute Gasteiger partial charge is 0.465 e. The lowest BCUT2D eigenvalue weighted by molar-refractivity contribution is -0.134. The van der Waals surface area contributed by atoms with Crippen LogP contribution < -0.4 is 0 Å². The maximum Gasteiger partial charge on any atom is 0.408 e. The van der Waals surface area contributed by atoms with Crippen molar-refractivity contribution >= 4 is 12.0 Å². The molecule has 0 spiro atoms. The summed E-state index contributed by atoms with van der Waals surface area (Å²) in [5, 5.41) is 3.75. The van der Waals surface area contributed by atoms with Crippen molar-refractivity contribution in [1.82, 2.24) is 9.80 Å². The van der Waals surface area contributed by atoms with Gasteiger partial charge in [-0.3, -0.25) is 9.69 Å². The van der Waals surface area contributed by atoms with Gasteiger partial charge in [0.05, 0.1) is 6.67 Å². The van der Waals surface area contributed by atoms with Crippen LogP contribution in [0.2, 0.25) is 0 Å². The molecule has 0 aromatic heterocycles. The van der Waals surface area contributed by atoms with Gasteiger partial charge in [-0.15, -0.1) is 0 Å². The fourth-order valence-electron chi connectivity index (χ4n) is 0.886. The van der Waals surface area contributed by atoms with E-state index in [1.54, 1.807) is 20.9 Å². The fourth-order valence-corrected chi connectivity index (χ4v) is 0.886. The molecule has 0 saturated heterocycles. The predicted octanol–water partition coefficient (Wildman–Crippen LogP) is 0.668. The molecule has 0 aliphatic carbocycles. The van der Waals surface area contributed by atoms with Crippen LogP contribution in [-0.4, -0.2) is 47.7 Å². The van der Waals surface area contributed by atoms with Crippen LogP contribution in [-0.2, 0) is 4.79 Å². The summed E-state index contributed by atoms with van der Waals surface area (Å²) in [4.78, 5) is 24.8. The Bertz CT molecular complexity index is 221. The van der Waals surface area contributed by atoms with Gasteiger partial charge in [-0.2, -0.15) is 0 Å². The van der Waals surface area contributed by atoms with E-state index in [1.807, 2.05) is 0 Å². The SMILES string of the molecule is [2H]OC(=O)N(C)CN(C)C(=O)C(C)C. The van der Waals surface area contributed by atoms with E-state index in [1.165, 1.54) is 11.9 Å².